The van der Waals surface area contributed by atoms with Gasteiger partial charge in [-0.15, -0.1) is 0 Å². The number of carbonyl (C=O) groups is 1. The molecule has 0 radical (unpaired) electrons. The Bertz CT molecular complexity index is 541. The van der Waals surface area contributed by atoms with Crippen LogP contribution in [0.15, 0.2) is 60.7 Å². The van der Waals surface area contributed by atoms with E-state index in [1.54, 1.807) is 0 Å². The van der Waals surface area contributed by atoms with E-state index < -0.39 is 6.04 Å². The van der Waals surface area contributed by atoms with Gasteiger partial charge in [0.25, 0.3) is 0 Å². The minimum absolute atomic E-state index is 0.105. The molecule has 0 aliphatic heterocycles. The highest BCUT2D eigenvalue weighted by Crippen LogP contribution is 2.22. The van der Waals surface area contributed by atoms with E-state index in [2.05, 4.69) is 19.2 Å². The molecule has 2 aromatic carbocycles. The fourth-order valence-electron chi connectivity index (χ4n) is 2.51. The lowest BCUT2D eigenvalue weighted by Gasteiger charge is -2.22. The average molecular weight is 296 g/mol. The van der Waals surface area contributed by atoms with E-state index in [-0.39, 0.29) is 11.9 Å². The van der Waals surface area contributed by atoms with Gasteiger partial charge in [-0.1, -0.05) is 74.5 Å². The largest absolute Gasteiger partial charge is 0.344 e. The van der Waals surface area contributed by atoms with Gasteiger partial charge in [-0.3, -0.25) is 4.79 Å². The summed E-state index contributed by atoms with van der Waals surface area (Å²) in [5.74, 6) is 0.291. The van der Waals surface area contributed by atoms with Crippen LogP contribution in [0.4, 0.5) is 0 Å². The third kappa shape index (κ3) is 4.43. The van der Waals surface area contributed by atoms with Gasteiger partial charge in [0.15, 0.2) is 0 Å². The fraction of sp³-hybridized carbons (Fsp3) is 0.316. The molecule has 0 heterocycles. The average Bonchev–Trinajstić information content (AvgIpc) is 2.53. The van der Waals surface area contributed by atoms with Crippen molar-refractivity contribution >= 4 is 5.91 Å². The van der Waals surface area contributed by atoms with Gasteiger partial charge < -0.3 is 11.1 Å². The number of amides is 1. The first-order valence-electron chi connectivity index (χ1n) is 7.73. The molecule has 1 amide bonds. The van der Waals surface area contributed by atoms with Crippen LogP contribution in [0.5, 0.6) is 0 Å². The zero-order valence-electron chi connectivity index (χ0n) is 13.2. The molecule has 116 valence electrons. The zero-order valence-corrected chi connectivity index (χ0v) is 13.2. The summed E-state index contributed by atoms with van der Waals surface area (Å²) >= 11 is 0. The van der Waals surface area contributed by atoms with Crippen molar-refractivity contribution in [3.05, 3.63) is 71.8 Å². The van der Waals surface area contributed by atoms with Crippen molar-refractivity contribution in [2.75, 3.05) is 0 Å². The third-order valence-corrected chi connectivity index (χ3v) is 3.61. The van der Waals surface area contributed by atoms with E-state index >= 15 is 0 Å². The van der Waals surface area contributed by atoms with Gasteiger partial charge in [-0.05, 0) is 23.5 Å². The molecule has 0 aliphatic rings. The second-order valence-electron chi connectivity index (χ2n) is 6.00. The van der Waals surface area contributed by atoms with Gasteiger partial charge in [0.2, 0.25) is 5.91 Å². The van der Waals surface area contributed by atoms with Crippen molar-refractivity contribution in [2.45, 2.75) is 32.4 Å². The van der Waals surface area contributed by atoms with Crippen molar-refractivity contribution < 1.29 is 4.79 Å². The standard InChI is InChI=1S/C19H24N2O/c1-14(2)13-17(20)19(22)21-18(15-9-5-3-6-10-15)16-11-7-4-8-12-16/h3-12,14,17-18H,13,20H2,1-2H3,(H,21,22)/t17-/m0/s1. The summed E-state index contributed by atoms with van der Waals surface area (Å²) in [6.07, 6.45) is 0.683. The highest BCUT2D eigenvalue weighted by molar-refractivity contribution is 5.82. The molecule has 0 saturated carbocycles. The Hall–Kier alpha value is -2.13. The van der Waals surface area contributed by atoms with Crippen LogP contribution >= 0.6 is 0 Å². The summed E-state index contributed by atoms with van der Waals surface area (Å²) in [6, 6.07) is 19.3. The lowest BCUT2D eigenvalue weighted by atomic mass is 9.97. The Morgan fingerprint density at radius 2 is 1.41 bits per heavy atom. The molecule has 0 aliphatic carbocycles. The normalized spacial score (nSPS) is 12.4. The maximum Gasteiger partial charge on any atom is 0.237 e. The monoisotopic (exact) mass is 296 g/mol. The van der Waals surface area contributed by atoms with Crippen LogP contribution in [0.1, 0.15) is 37.4 Å². The van der Waals surface area contributed by atoms with Gasteiger partial charge in [-0.2, -0.15) is 0 Å². The Morgan fingerprint density at radius 1 is 0.955 bits per heavy atom. The lowest BCUT2D eigenvalue weighted by Crippen LogP contribution is -2.43. The summed E-state index contributed by atoms with van der Waals surface area (Å²) in [7, 11) is 0. The first kappa shape index (κ1) is 16.2. The number of carbonyl (C=O) groups excluding carboxylic acids is 1. The fourth-order valence-corrected chi connectivity index (χ4v) is 2.51. The van der Waals surface area contributed by atoms with Gasteiger partial charge >= 0.3 is 0 Å². The van der Waals surface area contributed by atoms with Crippen LogP contribution in [-0.2, 0) is 4.79 Å². The second-order valence-corrected chi connectivity index (χ2v) is 6.00. The summed E-state index contributed by atoms with van der Waals surface area (Å²) in [6.45, 7) is 4.14. The molecule has 2 aromatic rings. The summed E-state index contributed by atoms with van der Waals surface area (Å²) in [5, 5.41) is 3.09. The lowest BCUT2D eigenvalue weighted by molar-refractivity contribution is -0.123. The van der Waals surface area contributed by atoms with Crippen LogP contribution in [-0.4, -0.2) is 11.9 Å². The highest BCUT2D eigenvalue weighted by Gasteiger charge is 2.21. The van der Waals surface area contributed by atoms with Crippen molar-refractivity contribution in [2.24, 2.45) is 11.7 Å². The van der Waals surface area contributed by atoms with Crippen LogP contribution in [0.2, 0.25) is 0 Å². The molecule has 3 N–H and O–H groups in total. The quantitative estimate of drug-likeness (QED) is 0.859. The second kappa shape index (κ2) is 7.76. The van der Waals surface area contributed by atoms with Gasteiger partial charge in [-0.25, -0.2) is 0 Å². The number of hydrogen-bond donors (Lipinski definition) is 2. The summed E-state index contributed by atoms with van der Waals surface area (Å²) in [4.78, 5) is 12.4. The van der Waals surface area contributed by atoms with Crippen molar-refractivity contribution in [3.8, 4) is 0 Å². The number of nitrogens with two attached hydrogens (primary N) is 1. The molecule has 22 heavy (non-hydrogen) atoms. The van der Waals surface area contributed by atoms with E-state index in [9.17, 15) is 4.79 Å². The van der Waals surface area contributed by atoms with Crippen LogP contribution in [0.3, 0.4) is 0 Å². The molecule has 0 bridgehead atoms. The zero-order chi connectivity index (χ0) is 15.9. The maximum atomic E-state index is 12.4. The molecular weight excluding hydrogens is 272 g/mol. The number of hydrogen-bond acceptors (Lipinski definition) is 2. The molecular formula is C19H24N2O. The molecule has 1 atom stereocenters. The van der Waals surface area contributed by atoms with Crippen molar-refractivity contribution in [1.29, 1.82) is 0 Å². The topological polar surface area (TPSA) is 55.1 Å². The Labute approximate surface area is 132 Å². The molecule has 0 spiro atoms. The highest BCUT2D eigenvalue weighted by atomic mass is 16.2. The predicted molar refractivity (Wildman–Crippen MR) is 90.3 cm³/mol. The Kier molecular flexibility index (Phi) is 5.73. The first-order chi connectivity index (χ1) is 10.6. The van der Waals surface area contributed by atoms with E-state index in [1.807, 2.05) is 60.7 Å². The number of benzene rings is 2. The molecule has 0 unspecified atom stereocenters. The molecule has 0 fully saturated rings. The maximum absolute atomic E-state index is 12.4. The minimum atomic E-state index is -0.477. The SMILES string of the molecule is CC(C)C[C@H](N)C(=O)NC(c1ccccc1)c1ccccc1. The van der Waals surface area contributed by atoms with Crippen LogP contribution < -0.4 is 11.1 Å². The van der Waals surface area contributed by atoms with E-state index in [0.717, 1.165) is 11.1 Å². The van der Waals surface area contributed by atoms with Gasteiger partial charge in [0.05, 0.1) is 12.1 Å². The van der Waals surface area contributed by atoms with E-state index in [1.165, 1.54) is 0 Å². The molecule has 0 aromatic heterocycles. The summed E-state index contributed by atoms with van der Waals surface area (Å²) in [5.41, 5.74) is 8.12. The smallest absolute Gasteiger partial charge is 0.237 e. The van der Waals surface area contributed by atoms with E-state index in [0.29, 0.717) is 12.3 Å². The molecule has 3 heteroatoms. The molecule has 0 saturated heterocycles. The predicted octanol–water partition coefficient (Wildman–Crippen LogP) is 3.27. The van der Waals surface area contributed by atoms with Gasteiger partial charge in [0, 0.05) is 0 Å². The third-order valence-electron chi connectivity index (χ3n) is 3.61. The van der Waals surface area contributed by atoms with E-state index in [4.69, 9.17) is 5.73 Å². The van der Waals surface area contributed by atoms with Crippen LogP contribution in [0, 0.1) is 5.92 Å². The first-order valence-corrected chi connectivity index (χ1v) is 7.73. The van der Waals surface area contributed by atoms with Crippen molar-refractivity contribution in [1.82, 2.24) is 5.32 Å². The van der Waals surface area contributed by atoms with Gasteiger partial charge in [0.1, 0.15) is 0 Å². The molecule has 2 rings (SSSR count). The summed E-state index contributed by atoms with van der Waals surface area (Å²) < 4.78 is 0. The van der Waals surface area contributed by atoms with Crippen molar-refractivity contribution in [3.63, 3.8) is 0 Å². The Balaban J connectivity index is 2.21. The number of rotatable bonds is 6. The number of nitrogens with one attached hydrogen (secondary N) is 1. The minimum Gasteiger partial charge on any atom is -0.344 e. The molecule has 3 nitrogen and oxygen atoms in total. The Morgan fingerprint density at radius 3 is 1.82 bits per heavy atom. The van der Waals surface area contributed by atoms with Crippen LogP contribution in [0.25, 0.3) is 0 Å².